The van der Waals surface area contributed by atoms with E-state index in [-0.39, 0.29) is 23.5 Å². The van der Waals surface area contributed by atoms with Crippen LogP contribution in [0.4, 0.5) is 8.78 Å². The molecule has 0 radical (unpaired) electrons. The van der Waals surface area contributed by atoms with E-state index in [2.05, 4.69) is 16.9 Å². The van der Waals surface area contributed by atoms with Gasteiger partial charge in [-0.05, 0) is 12.1 Å². The standard InChI is InChI=1S/C21H18Cl3F2N3O/c1-3-13(2)20(30,21(22,23)24)19-18(14-8-5-4-6-9-14)29(28-27-19)12-15-16(25)10-7-11-17(15)26/h3-11,13,30H,1,12H2,2H3. The number of hydrogen-bond donors (Lipinski definition) is 1. The highest BCUT2D eigenvalue weighted by molar-refractivity contribution is 6.68. The Bertz CT molecular complexity index is 1030. The maximum atomic E-state index is 14.3. The van der Waals surface area contributed by atoms with E-state index in [1.54, 1.807) is 37.3 Å². The molecular weight excluding hydrogens is 455 g/mol. The second kappa shape index (κ2) is 8.63. The lowest BCUT2D eigenvalue weighted by molar-refractivity contribution is 0.000751. The largest absolute Gasteiger partial charge is 0.378 e. The Balaban J connectivity index is 2.27. The van der Waals surface area contributed by atoms with Crippen LogP contribution < -0.4 is 0 Å². The summed E-state index contributed by atoms with van der Waals surface area (Å²) in [5.74, 6) is -2.22. The van der Waals surface area contributed by atoms with Crippen LogP contribution >= 0.6 is 34.8 Å². The summed E-state index contributed by atoms with van der Waals surface area (Å²) in [5, 5.41) is 19.6. The normalized spacial score (nSPS) is 14.9. The number of hydrogen-bond acceptors (Lipinski definition) is 3. The first-order chi connectivity index (χ1) is 14.1. The summed E-state index contributed by atoms with van der Waals surface area (Å²) in [6.07, 6.45) is 1.42. The molecule has 9 heteroatoms. The molecule has 30 heavy (non-hydrogen) atoms. The number of halogens is 5. The first kappa shape index (κ1) is 22.7. The van der Waals surface area contributed by atoms with Gasteiger partial charge in [-0.15, -0.1) is 11.7 Å². The molecule has 0 spiro atoms. The quantitative estimate of drug-likeness (QED) is 0.372. The van der Waals surface area contributed by atoms with Crippen molar-refractivity contribution >= 4 is 34.8 Å². The van der Waals surface area contributed by atoms with Gasteiger partial charge >= 0.3 is 0 Å². The summed E-state index contributed by atoms with van der Waals surface area (Å²) in [5.41, 5.74) is -1.53. The van der Waals surface area contributed by atoms with Crippen molar-refractivity contribution in [2.45, 2.75) is 22.9 Å². The lowest BCUT2D eigenvalue weighted by atomic mass is 9.84. The Morgan fingerprint density at radius 1 is 1.10 bits per heavy atom. The molecule has 0 saturated carbocycles. The Morgan fingerprint density at radius 3 is 2.23 bits per heavy atom. The van der Waals surface area contributed by atoms with Gasteiger partial charge in [-0.2, -0.15) is 0 Å². The molecule has 2 atom stereocenters. The van der Waals surface area contributed by atoms with E-state index in [0.717, 1.165) is 12.1 Å². The van der Waals surface area contributed by atoms with E-state index in [1.165, 1.54) is 16.8 Å². The number of nitrogens with zero attached hydrogens (tertiary/aromatic N) is 3. The molecule has 0 amide bonds. The molecule has 0 aliphatic heterocycles. The van der Waals surface area contributed by atoms with Gasteiger partial charge in [-0.25, -0.2) is 13.5 Å². The predicted molar refractivity (Wildman–Crippen MR) is 114 cm³/mol. The number of alkyl halides is 3. The van der Waals surface area contributed by atoms with E-state index in [9.17, 15) is 13.9 Å². The van der Waals surface area contributed by atoms with Gasteiger partial charge in [-0.3, -0.25) is 0 Å². The van der Waals surface area contributed by atoms with Crippen molar-refractivity contribution in [3.63, 3.8) is 0 Å². The number of aliphatic hydroxyl groups is 1. The topological polar surface area (TPSA) is 50.9 Å². The van der Waals surface area contributed by atoms with Crippen molar-refractivity contribution in [1.82, 2.24) is 15.0 Å². The molecule has 0 bridgehead atoms. The highest BCUT2D eigenvalue weighted by atomic mass is 35.6. The molecule has 1 aromatic heterocycles. The second-order valence-electron chi connectivity index (χ2n) is 6.80. The van der Waals surface area contributed by atoms with Crippen molar-refractivity contribution in [1.29, 1.82) is 0 Å². The van der Waals surface area contributed by atoms with Crippen LogP contribution in [0.15, 0.2) is 61.2 Å². The van der Waals surface area contributed by atoms with Crippen LogP contribution in [-0.2, 0) is 12.1 Å². The van der Waals surface area contributed by atoms with E-state index in [0.29, 0.717) is 5.56 Å². The molecule has 158 valence electrons. The van der Waals surface area contributed by atoms with Gasteiger partial charge in [0.05, 0.1) is 12.2 Å². The summed E-state index contributed by atoms with van der Waals surface area (Å²) < 4.78 is 27.6. The summed E-state index contributed by atoms with van der Waals surface area (Å²) in [7, 11) is 0. The molecular formula is C21H18Cl3F2N3O. The Morgan fingerprint density at radius 2 is 1.70 bits per heavy atom. The third-order valence-corrected chi connectivity index (χ3v) is 5.82. The van der Waals surface area contributed by atoms with Gasteiger partial charge in [-0.1, -0.05) is 89.4 Å². The van der Waals surface area contributed by atoms with Crippen molar-refractivity contribution in [2.75, 3.05) is 0 Å². The predicted octanol–water partition coefficient (Wildman–Crippen LogP) is 5.65. The van der Waals surface area contributed by atoms with Gasteiger partial charge in [0.15, 0.2) is 5.60 Å². The SMILES string of the molecule is C=CC(C)C(O)(c1nnn(Cc2c(F)cccc2F)c1-c1ccccc1)C(Cl)(Cl)Cl. The fourth-order valence-electron chi connectivity index (χ4n) is 3.17. The average Bonchev–Trinajstić information content (AvgIpc) is 3.13. The minimum atomic E-state index is -2.20. The molecule has 0 saturated heterocycles. The van der Waals surface area contributed by atoms with Crippen molar-refractivity contribution in [3.05, 3.63) is 84.1 Å². The highest BCUT2D eigenvalue weighted by Crippen LogP contribution is 2.51. The lowest BCUT2D eigenvalue weighted by Gasteiger charge is -2.37. The van der Waals surface area contributed by atoms with E-state index < -0.39 is 26.9 Å². The summed E-state index contributed by atoms with van der Waals surface area (Å²) in [4.78, 5) is 0. The first-order valence-electron chi connectivity index (χ1n) is 8.95. The van der Waals surface area contributed by atoms with Crippen LogP contribution in [0.3, 0.4) is 0 Å². The minimum absolute atomic E-state index is 0.0437. The smallest absolute Gasteiger partial charge is 0.225 e. The lowest BCUT2D eigenvalue weighted by Crippen LogP contribution is -2.45. The zero-order chi connectivity index (χ0) is 22.1. The van der Waals surface area contributed by atoms with E-state index in [4.69, 9.17) is 34.8 Å². The Kier molecular flexibility index (Phi) is 6.53. The molecule has 2 aromatic carbocycles. The van der Waals surface area contributed by atoms with Crippen molar-refractivity contribution in [3.8, 4) is 11.3 Å². The third kappa shape index (κ3) is 3.97. The molecule has 0 aliphatic carbocycles. The number of aromatic nitrogens is 3. The average molecular weight is 473 g/mol. The highest BCUT2D eigenvalue weighted by Gasteiger charge is 2.55. The fraction of sp³-hybridized carbons (Fsp3) is 0.238. The maximum Gasteiger partial charge on any atom is 0.225 e. The maximum absolute atomic E-state index is 14.3. The van der Waals surface area contributed by atoms with E-state index in [1.807, 2.05) is 0 Å². The second-order valence-corrected chi connectivity index (χ2v) is 9.08. The molecule has 0 aliphatic rings. The third-order valence-electron chi connectivity index (χ3n) is 4.96. The molecule has 3 rings (SSSR count). The van der Waals surface area contributed by atoms with Crippen LogP contribution in [0.25, 0.3) is 11.3 Å². The summed E-state index contributed by atoms with van der Waals surface area (Å²) >= 11 is 18.5. The number of benzene rings is 2. The van der Waals surface area contributed by atoms with E-state index >= 15 is 0 Å². The van der Waals surface area contributed by atoms with Crippen LogP contribution in [0.1, 0.15) is 18.2 Å². The van der Waals surface area contributed by atoms with Gasteiger partial charge in [0.25, 0.3) is 0 Å². The van der Waals surface area contributed by atoms with Crippen LogP contribution in [-0.4, -0.2) is 23.9 Å². The zero-order valence-electron chi connectivity index (χ0n) is 15.9. The molecule has 1 N–H and O–H groups in total. The minimum Gasteiger partial charge on any atom is -0.378 e. The van der Waals surface area contributed by atoms with Gasteiger partial charge in [0.2, 0.25) is 3.79 Å². The van der Waals surface area contributed by atoms with Crippen molar-refractivity contribution in [2.24, 2.45) is 5.92 Å². The van der Waals surface area contributed by atoms with Gasteiger partial charge in [0, 0.05) is 17.0 Å². The number of rotatable bonds is 6. The van der Waals surface area contributed by atoms with Gasteiger partial charge in [0.1, 0.15) is 17.3 Å². The Hall–Kier alpha value is -1.99. The fourth-order valence-corrected chi connectivity index (χ4v) is 3.96. The molecule has 2 unspecified atom stereocenters. The van der Waals surface area contributed by atoms with Crippen molar-refractivity contribution < 1.29 is 13.9 Å². The molecule has 4 nitrogen and oxygen atoms in total. The zero-order valence-corrected chi connectivity index (χ0v) is 18.1. The van der Waals surface area contributed by atoms with Gasteiger partial charge < -0.3 is 5.11 Å². The first-order valence-corrected chi connectivity index (χ1v) is 10.1. The van der Waals surface area contributed by atoms with Crippen LogP contribution in [0.2, 0.25) is 0 Å². The van der Waals surface area contributed by atoms with Crippen LogP contribution in [0.5, 0.6) is 0 Å². The molecule has 0 fully saturated rings. The molecule has 3 aromatic rings. The molecule has 1 heterocycles. The monoisotopic (exact) mass is 471 g/mol. The Labute approximate surface area is 187 Å². The summed E-state index contributed by atoms with van der Waals surface area (Å²) in [6, 6.07) is 12.3. The summed E-state index contributed by atoms with van der Waals surface area (Å²) in [6.45, 7) is 5.00. The van der Waals surface area contributed by atoms with Crippen LogP contribution in [0, 0.1) is 17.6 Å².